The lowest BCUT2D eigenvalue weighted by atomic mass is 10.1. The summed E-state index contributed by atoms with van der Waals surface area (Å²) < 4.78 is 6.97. The van der Waals surface area contributed by atoms with E-state index in [9.17, 15) is 0 Å². The highest BCUT2D eigenvalue weighted by molar-refractivity contribution is 9.10. The maximum Gasteiger partial charge on any atom is 0.318 e. The van der Waals surface area contributed by atoms with E-state index in [1.165, 1.54) is 25.9 Å². The summed E-state index contributed by atoms with van der Waals surface area (Å²) in [7, 11) is 0. The van der Waals surface area contributed by atoms with E-state index >= 15 is 0 Å². The van der Waals surface area contributed by atoms with Gasteiger partial charge in [0.2, 0.25) is 5.89 Å². The summed E-state index contributed by atoms with van der Waals surface area (Å²) >= 11 is 3.44. The first-order valence-electron chi connectivity index (χ1n) is 7.38. The number of nitrogens with zero attached hydrogens (tertiary/aromatic N) is 4. The summed E-state index contributed by atoms with van der Waals surface area (Å²) in [5, 5.41) is 8.49. The predicted molar refractivity (Wildman–Crippen MR) is 91.5 cm³/mol. The van der Waals surface area contributed by atoms with Gasteiger partial charge >= 0.3 is 6.01 Å². The molecule has 2 bridgehead atoms. The number of halogens is 2. The normalized spacial score (nSPS) is 24.0. The second-order valence-electron chi connectivity index (χ2n) is 5.66. The van der Waals surface area contributed by atoms with Crippen molar-refractivity contribution < 1.29 is 4.42 Å². The van der Waals surface area contributed by atoms with Gasteiger partial charge in [-0.2, -0.15) is 0 Å². The van der Waals surface area contributed by atoms with Crippen LogP contribution in [0.1, 0.15) is 12.8 Å². The maximum atomic E-state index is 5.93. The van der Waals surface area contributed by atoms with Crippen LogP contribution >= 0.6 is 28.3 Å². The van der Waals surface area contributed by atoms with Crippen molar-refractivity contribution in [3.05, 3.63) is 28.7 Å². The van der Waals surface area contributed by atoms with Gasteiger partial charge in [-0.25, -0.2) is 0 Å². The predicted octanol–water partition coefficient (Wildman–Crippen LogP) is 3.21. The first-order chi connectivity index (χ1) is 10.3. The average Bonchev–Trinajstić information content (AvgIpc) is 2.81. The van der Waals surface area contributed by atoms with Crippen LogP contribution in [0.25, 0.3) is 11.5 Å². The zero-order valence-corrected chi connectivity index (χ0v) is 14.5. The summed E-state index contributed by atoms with van der Waals surface area (Å²) in [6, 6.07) is 9.16. The molecule has 0 amide bonds. The molecular weight excluding hydrogens is 368 g/mol. The van der Waals surface area contributed by atoms with E-state index in [0.717, 1.165) is 23.1 Å². The van der Waals surface area contributed by atoms with Gasteiger partial charge in [-0.05, 0) is 37.1 Å². The molecule has 2 aromatic rings. The minimum Gasteiger partial charge on any atom is -0.403 e. The van der Waals surface area contributed by atoms with Crippen molar-refractivity contribution in [3.8, 4) is 11.5 Å². The van der Waals surface area contributed by atoms with Gasteiger partial charge in [0.05, 0.1) is 0 Å². The minimum absolute atomic E-state index is 0. The Kier molecular flexibility index (Phi) is 4.70. The van der Waals surface area contributed by atoms with E-state index in [1.54, 1.807) is 0 Å². The number of rotatable bonds is 2. The van der Waals surface area contributed by atoms with Crippen LogP contribution in [0.3, 0.4) is 0 Å². The largest absolute Gasteiger partial charge is 0.403 e. The summed E-state index contributed by atoms with van der Waals surface area (Å²) in [4.78, 5) is 4.81. The van der Waals surface area contributed by atoms with Crippen molar-refractivity contribution in [1.29, 1.82) is 0 Å². The van der Waals surface area contributed by atoms with Gasteiger partial charge < -0.3 is 14.2 Å². The number of hydrogen-bond acceptors (Lipinski definition) is 5. The van der Waals surface area contributed by atoms with Gasteiger partial charge in [0.25, 0.3) is 0 Å². The molecule has 0 saturated carbocycles. The van der Waals surface area contributed by atoms with Crippen LogP contribution in [-0.4, -0.2) is 47.3 Å². The Morgan fingerprint density at radius 3 is 2.45 bits per heavy atom. The molecule has 0 aliphatic carbocycles. The zero-order chi connectivity index (χ0) is 14.2. The van der Waals surface area contributed by atoms with Crippen molar-refractivity contribution in [2.75, 3.05) is 31.1 Å². The van der Waals surface area contributed by atoms with Crippen molar-refractivity contribution >= 4 is 34.4 Å². The molecule has 3 aliphatic heterocycles. The van der Waals surface area contributed by atoms with Crippen molar-refractivity contribution in [2.45, 2.75) is 18.9 Å². The smallest absolute Gasteiger partial charge is 0.318 e. The van der Waals surface area contributed by atoms with E-state index in [1.807, 2.05) is 24.3 Å². The molecule has 3 fully saturated rings. The second kappa shape index (κ2) is 6.56. The first kappa shape index (κ1) is 15.8. The van der Waals surface area contributed by atoms with Crippen LogP contribution in [0.5, 0.6) is 0 Å². The molecule has 3 aliphatic rings. The standard InChI is InChI=1S/C15H17BrN4O.ClH/c16-12-3-1-11(2-4-12)14-17-18-15(21-14)20-10-9-19-7-5-13(20)6-8-19;/h1-4,13H,5-10H2;1H. The fourth-order valence-corrected chi connectivity index (χ4v) is 3.44. The Balaban J connectivity index is 0.00000144. The highest BCUT2D eigenvalue weighted by Crippen LogP contribution is 2.28. The fraction of sp³-hybridized carbons (Fsp3) is 0.467. The van der Waals surface area contributed by atoms with E-state index in [4.69, 9.17) is 4.42 Å². The molecule has 118 valence electrons. The monoisotopic (exact) mass is 384 g/mol. The second-order valence-corrected chi connectivity index (χ2v) is 6.58. The molecule has 1 aromatic carbocycles. The van der Waals surface area contributed by atoms with Gasteiger partial charge in [0, 0.05) is 42.3 Å². The van der Waals surface area contributed by atoms with Crippen LogP contribution in [-0.2, 0) is 0 Å². The SMILES string of the molecule is Brc1ccc(-c2nnc(N3CCN4CCC3CC4)o2)cc1.Cl. The van der Waals surface area contributed by atoms with Crippen LogP contribution in [0, 0.1) is 0 Å². The molecule has 3 saturated heterocycles. The topological polar surface area (TPSA) is 45.4 Å². The van der Waals surface area contributed by atoms with E-state index in [0.29, 0.717) is 17.9 Å². The highest BCUT2D eigenvalue weighted by atomic mass is 79.9. The van der Waals surface area contributed by atoms with E-state index < -0.39 is 0 Å². The lowest BCUT2D eigenvalue weighted by Crippen LogP contribution is -2.38. The molecule has 5 rings (SSSR count). The molecule has 0 unspecified atom stereocenters. The van der Waals surface area contributed by atoms with Gasteiger partial charge in [-0.15, -0.1) is 17.5 Å². The van der Waals surface area contributed by atoms with Crippen molar-refractivity contribution in [1.82, 2.24) is 15.1 Å². The maximum absolute atomic E-state index is 5.93. The Labute approximate surface area is 144 Å². The van der Waals surface area contributed by atoms with Gasteiger partial charge in [-0.1, -0.05) is 21.0 Å². The third-order valence-corrected chi connectivity index (χ3v) is 4.93. The molecule has 0 atom stereocenters. The van der Waals surface area contributed by atoms with Gasteiger partial charge in [0.1, 0.15) is 0 Å². The third-order valence-electron chi connectivity index (χ3n) is 4.41. The summed E-state index contributed by atoms with van der Waals surface area (Å²) in [5.74, 6) is 0.594. The molecular formula is C15H18BrClN4O. The van der Waals surface area contributed by atoms with Crippen LogP contribution in [0.15, 0.2) is 33.2 Å². The van der Waals surface area contributed by atoms with Crippen LogP contribution in [0.4, 0.5) is 6.01 Å². The molecule has 0 spiro atoms. The zero-order valence-electron chi connectivity index (χ0n) is 12.1. The van der Waals surface area contributed by atoms with Crippen molar-refractivity contribution in [3.63, 3.8) is 0 Å². The number of anilines is 1. The number of benzene rings is 1. The average molecular weight is 386 g/mol. The van der Waals surface area contributed by atoms with Gasteiger partial charge in [-0.3, -0.25) is 0 Å². The van der Waals surface area contributed by atoms with Crippen LogP contribution < -0.4 is 4.90 Å². The summed E-state index contributed by atoms with van der Waals surface area (Å²) in [6.45, 7) is 4.45. The summed E-state index contributed by atoms with van der Waals surface area (Å²) in [6.07, 6.45) is 2.38. The number of fused-ring (bicyclic) bond motifs is 4. The summed E-state index contributed by atoms with van der Waals surface area (Å²) in [5.41, 5.74) is 0.958. The van der Waals surface area contributed by atoms with Gasteiger partial charge in [0.15, 0.2) is 0 Å². The molecule has 5 nitrogen and oxygen atoms in total. The molecule has 22 heavy (non-hydrogen) atoms. The molecule has 1 aromatic heterocycles. The lowest BCUT2D eigenvalue weighted by molar-refractivity contribution is 0.249. The minimum atomic E-state index is 0. The van der Waals surface area contributed by atoms with Crippen molar-refractivity contribution in [2.24, 2.45) is 0 Å². The number of hydrogen-bond donors (Lipinski definition) is 0. The lowest BCUT2D eigenvalue weighted by Gasteiger charge is -2.29. The Bertz CT molecular complexity index is 625. The number of piperidine rings is 1. The van der Waals surface area contributed by atoms with E-state index in [2.05, 4.69) is 35.9 Å². The Morgan fingerprint density at radius 1 is 1.00 bits per heavy atom. The van der Waals surface area contributed by atoms with E-state index in [-0.39, 0.29) is 12.4 Å². The van der Waals surface area contributed by atoms with Crippen LogP contribution in [0.2, 0.25) is 0 Å². The quantitative estimate of drug-likeness (QED) is 0.794. The first-order valence-corrected chi connectivity index (χ1v) is 8.17. The Morgan fingerprint density at radius 2 is 1.73 bits per heavy atom. The molecule has 7 heteroatoms. The Hall–Kier alpha value is -1.11. The highest BCUT2D eigenvalue weighted by Gasteiger charge is 2.31. The fourth-order valence-electron chi connectivity index (χ4n) is 3.18. The molecule has 0 radical (unpaired) electrons. The number of aromatic nitrogens is 2. The molecule has 0 N–H and O–H groups in total. The molecule has 4 heterocycles. The third kappa shape index (κ3) is 3.00.